The summed E-state index contributed by atoms with van der Waals surface area (Å²) >= 11 is 0. The van der Waals surface area contributed by atoms with E-state index in [-0.39, 0.29) is 41.6 Å². The van der Waals surface area contributed by atoms with Gasteiger partial charge in [-0.15, -0.1) is 0 Å². The zero-order chi connectivity index (χ0) is 29.8. The monoisotopic (exact) mass is 559 g/mol. The number of nitrogens with zero attached hydrogens (tertiary/aromatic N) is 3. The Kier molecular flexibility index (Phi) is 9.29. The lowest BCUT2D eigenvalue weighted by atomic mass is 9.84. The van der Waals surface area contributed by atoms with Crippen molar-refractivity contribution in [1.29, 1.82) is 0 Å². The lowest BCUT2D eigenvalue weighted by molar-refractivity contribution is -0.120. The number of aromatic nitrogens is 1. The first-order chi connectivity index (χ1) is 19.6. The van der Waals surface area contributed by atoms with Crippen LogP contribution in [-0.2, 0) is 11.2 Å². The molecule has 1 aromatic heterocycles. The molecule has 216 valence electrons. The summed E-state index contributed by atoms with van der Waals surface area (Å²) in [6.45, 7) is 3.08. The zero-order valence-electron chi connectivity index (χ0n) is 23.5. The molecule has 10 nitrogen and oxygen atoms in total. The summed E-state index contributed by atoms with van der Waals surface area (Å²) in [5, 5.41) is 22.3. The average Bonchev–Trinajstić information content (AvgIpc) is 3.11. The minimum Gasteiger partial charge on any atom is -0.394 e. The van der Waals surface area contributed by atoms with E-state index in [4.69, 9.17) is 11.5 Å². The molecule has 2 heterocycles. The van der Waals surface area contributed by atoms with Gasteiger partial charge in [0, 0.05) is 43.3 Å². The van der Waals surface area contributed by atoms with Crippen LogP contribution in [-0.4, -0.2) is 63.6 Å². The predicted octanol–water partition coefficient (Wildman–Crippen LogP) is 2.62. The average molecular weight is 560 g/mol. The maximum absolute atomic E-state index is 14.6. The van der Waals surface area contributed by atoms with Gasteiger partial charge in [-0.2, -0.15) is 5.01 Å². The van der Waals surface area contributed by atoms with Crippen molar-refractivity contribution < 1.29 is 24.6 Å². The van der Waals surface area contributed by atoms with Crippen molar-refractivity contribution in [2.24, 2.45) is 17.4 Å². The van der Waals surface area contributed by atoms with Gasteiger partial charge in [0.2, 0.25) is 5.91 Å². The standard InChI is InChI=1S/C31H37N5O5/c1-18(2)28(33)29(40)26-20(16-21(38)17-37)11-12-22(19-8-5-4-6-9-19)27(26)31(41)35(3)36-25(39)14-13-24(32)23-10-7-15-34-30(23)36/h4-12,15,18,21,24,28,37-38H,13-14,16-17,32-33H2,1-3H3/t21-,24?,28?/m0/s1. The van der Waals surface area contributed by atoms with Crippen molar-refractivity contribution in [2.45, 2.75) is 51.3 Å². The lowest BCUT2D eigenvalue weighted by Crippen LogP contribution is -2.49. The molecule has 0 aliphatic carbocycles. The highest BCUT2D eigenvalue weighted by molar-refractivity contribution is 6.15. The maximum atomic E-state index is 14.6. The minimum absolute atomic E-state index is 0.0428. The molecule has 1 aliphatic heterocycles. The van der Waals surface area contributed by atoms with E-state index in [1.807, 2.05) is 30.3 Å². The van der Waals surface area contributed by atoms with Gasteiger partial charge in [-0.05, 0) is 35.1 Å². The van der Waals surface area contributed by atoms with Crippen LogP contribution in [0.5, 0.6) is 0 Å². The van der Waals surface area contributed by atoms with Gasteiger partial charge < -0.3 is 21.7 Å². The molecule has 4 rings (SSSR count). The third-order valence-electron chi connectivity index (χ3n) is 7.44. The molecule has 6 N–H and O–H groups in total. The number of hydrogen-bond acceptors (Lipinski definition) is 8. The Bertz CT molecular complexity index is 1430. The van der Waals surface area contributed by atoms with Crippen molar-refractivity contribution in [3.05, 3.63) is 83.0 Å². The van der Waals surface area contributed by atoms with Crippen molar-refractivity contribution in [3.8, 4) is 11.1 Å². The molecule has 0 radical (unpaired) electrons. The number of benzene rings is 2. The Balaban J connectivity index is 1.97. The summed E-state index contributed by atoms with van der Waals surface area (Å²) in [5.41, 5.74) is 14.9. The first-order valence-corrected chi connectivity index (χ1v) is 13.7. The maximum Gasteiger partial charge on any atom is 0.273 e. The van der Waals surface area contributed by atoms with Crippen molar-refractivity contribution in [3.63, 3.8) is 0 Å². The minimum atomic E-state index is -1.16. The summed E-state index contributed by atoms with van der Waals surface area (Å²) in [4.78, 5) is 46.4. The van der Waals surface area contributed by atoms with Crippen LogP contribution < -0.4 is 16.5 Å². The van der Waals surface area contributed by atoms with Gasteiger partial charge >= 0.3 is 0 Å². The van der Waals surface area contributed by atoms with E-state index in [0.717, 1.165) is 5.01 Å². The fourth-order valence-electron chi connectivity index (χ4n) is 5.06. The van der Waals surface area contributed by atoms with Crippen LogP contribution in [0, 0.1) is 5.92 Å². The van der Waals surface area contributed by atoms with Crippen molar-refractivity contribution in [1.82, 2.24) is 9.99 Å². The van der Waals surface area contributed by atoms with E-state index in [1.54, 1.807) is 38.1 Å². The van der Waals surface area contributed by atoms with E-state index in [1.165, 1.54) is 18.3 Å². The van der Waals surface area contributed by atoms with Gasteiger partial charge in [-0.3, -0.25) is 14.4 Å². The molecule has 0 bridgehead atoms. The van der Waals surface area contributed by atoms with Gasteiger partial charge in [0.1, 0.15) is 0 Å². The van der Waals surface area contributed by atoms with E-state index in [2.05, 4.69) is 4.98 Å². The molecule has 3 aromatic rings. The number of carbonyl (C=O) groups excluding carboxylic acids is 3. The van der Waals surface area contributed by atoms with E-state index in [9.17, 15) is 24.6 Å². The molecular formula is C31H37N5O5. The number of anilines is 1. The Labute approximate surface area is 239 Å². The second kappa shape index (κ2) is 12.7. The molecule has 0 saturated carbocycles. The third kappa shape index (κ3) is 6.06. The predicted molar refractivity (Wildman–Crippen MR) is 156 cm³/mol. The molecule has 1 aliphatic rings. The van der Waals surface area contributed by atoms with Crippen LogP contribution in [0.15, 0.2) is 60.8 Å². The number of rotatable bonds is 9. The molecule has 3 atom stereocenters. The first-order valence-electron chi connectivity index (χ1n) is 13.7. The number of aliphatic hydroxyl groups is 2. The molecule has 2 amide bonds. The second-order valence-electron chi connectivity index (χ2n) is 10.7. The number of amides is 2. The second-order valence-corrected chi connectivity index (χ2v) is 10.7. The number of aliphatic hydroxyl groups excluding tert-OH is 2. The topological polar surface area (TPSA) is 163 Å². The van der Waals surface area contributed by atoms with Gasteiger partial charge in [0.25, 0.3) is 5.91 Å². The van der Waals surface area contributed by atoms with Gasteiger partial charge in [0.15, 0.2) is 11.6 Å². The Morgan fingerprint density at radius 3 is 2.46 bits per heavy atom. The van der Waals surface area contributed by atoms with Crippen LogP contribution in [0.3, 0.4) is 0 Å². The van der Waals surface area contributed by atoms with Gasteiger partial charge in [-0.1, -0.05) is 62.4 Å². The highest BCUT2D eigenvalue weighted by atomic mass is 16.3. The Hall–Kier alpha value is -3.96. The van der Waals surface area contributed by atoms with E-state index < -0.39 is 36.5 Å². The molecule has 0 saturated heterocycles. The van der Waals surface area contributed by atoms with Gasteiger partial charge in [-0.25, -0.2) is 9.99 Å². The fraction of sp³-hybridized carbons (Fsp3) is 0.355. The summed E-state index contributed by atoms with van der Waals surface area (Å²) in [7, 11) is 1.45. The number of nitrogens with two attached hydrogens (primary N) is 2. The van der Waals surface area contributed by atoms with Crippen LogP contribution in [0.4, 0.5) is 5.82 Å². The first kappa shape index (κ1) is 30.0. The molecule has 10 heteroatoms. The fourth-order valence-corrected chi connectivity index (χ4v) is 5.06. The third-order valence-corrected chi connectivity index (χ3v) is 7.44. The Morgan fingerprint density at radius 1 is 1.10 bits per heavy atom. The van der Waals surface area contributed by atoms with E-state index in [0.29, 0.717) is 28.7 Å². The van der Waals surface area contributed by atoms with Crippen LogP contribution >= 0.6 is 0 Å². The normalized spacial score (nSPS) is 16.6. The summed E-state index contributed by atoms with van der Waals surface area (Å²) in [6.07, 6.45) is 0.756. The summed E-state index contributed by atoms with van der Waals surface area (Å²) in [5.74, 6) is -1.47. The number of ketones is 1. The number of pyridine rings is 1. The summed E-state index contributed by atoms with van der Waals surface area (Å²) < 4.78 is 0. The zero-order valence-corrected chi connectivity index (χ0v) is 23.5. The number of fused-ring (bicyclic) bond motifs is 1. The molecule has 41 heavy (non-hydrogen) atoms. The molecule has 0 fully saturated rings. The van der Waals surface area contributed by atoms with Gasteiger partial charge in [0.05, 0.1) is 24.3 Å². The number of hydrazine groups is 1. The smallest absolute Gasteiger partial charge is 0.273 e. The molecule has 0 spiro atoms. The highest BCUT2D eigenvalue weighted by Crippen LogP contribution is 2.35. The van der Waals surface area contributed by atoms with Crippen molar-refractivity contribution in [2.75, 3.05) is 18.7 Å². The van der Waals surface area contributed by atoms with Crippen LogP contribution in [0.1, 0.15) is 64.6 Å². The molecular weight excluding hydrogens is 522 g/mol. The molecule has 2 aromatic carbocycles. The lowest BCUT2D eigenvalue weighted by Gasteiger charge is -2.32. The SMILES string of the molecule is CC(C)C(N)C(=O)c1c(C[C@H](O)CO)ccc(-c2ccccc2)c1C(=O)N(C)N1C(=O)CCC(N)c2cccnc21. The van der Waals surface area contributed by atoms with Crippen molar-refractivity contribution >= 4 is 23.4 Å². The highest BCUT2D eigenvalue weighted by Gasteiger charge is 2.36. The summed E-state index contributed by atoms with van der Waals surface area (Å²) in [6, 6.07) is 14.6. The van der Waals surface area contributed by atoms with Crippen LogP contribution in [0.25, 0.3) is 11.1 Å². The largest absolute Gasteiger partial charge is 0.394 e. The van der Waals surface area contributed by atoms with Crippen LogP contribution in [0.2, 0.25) is 0 Å². The Morgan fingerprint density at radius 2 is 1.80 bits per heavy atom. The quantitative estimate of drug-likeness (QED) is 0.291. The number of carbonyl (C=O) groups is 3. The van der Waals surface area contributed by atoms with E-state index >= 15 is 0 Å². The molecule has 2 unspecified atom stereocenters. The number of hydrogen-bond donors (Lipinski definition) is 4. The number of Topliss-reactive ketones (excluding diaryl/α,β-unsaturated/α-hetero) is 1.